The quantitative estimate of drug-likeness (QED) is 0.789. The van der Waals surface area contributed by atoms with Gasteiger partial charge in [-0.15, -0.1) is 0 Å². The minimum absolute atomic E-state index is 0.243. The molecule has 1 aromatic carbocycles. The van der Waals surface area contributed by atoms with Crippen LogP contribution in [0.15, 0.2) is 24.3 Å². The van der Waals surface area contributed by atoms with Crippen LogP contribution < -0.4 is 4.74 Å². The number of rotatable bonds is 6. The van der Waals surface area contributed by atoms with Gasteiger partial charge in [0.15, 0.2) is 11.6 Å². The first-order valence-corrected chi connectivity index (χ1v) is 7.01. The topological polar surface area (TPSA) is 24.9 Å². The Morgan fingerprint density at radius 3 is 2.95 bits per heavy atom. The first-order chi connectivity index (χ1) is 9.65. The summed E-state index contributed by atoms with van der Waals surface area (Å²) in [5.41, 5.74) is 0. The van der Waals surface area contributed by atoms with Gasteiger partial charge in [0, 0.05) is 26.2 Å². The van der Waals surface area contributed by atoms with Crippen molar-refractivity contribution in [2.75, 3.05) is 53.5 Å². The molecule has 0 saturated carbocycles. The number of hydrogen-bond acceptors (Lipinski definition) is 4. The van der Waals surface area contributed by atoms with Crippen LogP contribution in [0.3, 0.4) is 0 Å². The molecule has 1 saturated heterocycles. The molecule has 1 fully saturated rings. The van der Waals surface area contributed by atoms with Gasteiger partial charge in [-0.25, -0.2) is 4.39 Å². The normalized spacial score (nSPS) is 20.3. The van der Waals surface area contributed by atoms with E-state index in [1.807, 2.05) is 14.1 Å². The van der Waals surface area contributed by atoms with Crippen molar-refractivity contribution < 1.29 is 13.9 Å². The molecule has 0 aliphatic carbocycles. The van der Waals surface area contributed by atoms with Crippen LogP contribution in [0.5, 0.6) is 5.75 Å². The highest BCUT2D eigenvalue weighted by atomic mass is 19.1. The van der Waals surface area contributed by atoms with E-state index >= 15 is 0 Å². The molecule has 1 aromatic rings. The zero-order valence-electron chi connectivity index (χ0n) is 12.2. The summed E-state index contributed by atoms with van der Waals surface area (Å²) in [6.45, 7) is 4.77. The highest BCUT2D eigenvalue weighted by molar-refractivity contribution is 5.23. The molecule has 0 bridgehead atoms. The molecule has 0 aromatic heterocycles. The smallest absolute Gasteiger partial charge is 0.165 e. The summed E-state index contributed by atoms with van der Waals surface area (Å²) < 4.78 is 24.6. The maximum absolute atomic E-state index is 13.4. The molecular weight excluding hydrogens is 259 g/mol. The summed E-state index contributed by atoms with van der Waals surface area (Å²) >= 11 is 0. The van der Waals surface area contributed by atoms with E-state index in [-0.39, 0.29) is 11.9 Å². The second-order valence-corrected chi connectivity index (χ2v) is 5.33. The first-order valence-electron chi connectivity index (χ1n) is 7.01. The van der Waals surface area contributed by atoms with E-state index in [0.29, 0.717) is 12.4 Å². The van der Waals surface area contributed by atoms with Gasteiger partial charge in [0.2, 0.25) is 0 Å². The fraction of sp³-hybridized carbons (Fsp3) is 0.600. The summed E-state index contributed by atoms with van der Waals surface area (Å²) in [6, 6.07) is 6.51. The average Bonchev–Trinajstić information content (AvgIpc) is 2.41. The molecule has 112 valence electrons. The van der Waals surface area contributed by atoms with Gasteiger partial charge in [0.25, 0.3) is 0 Å². The predicted octanol–water partition coefficient (Wildman–Crippen LogP) is 1.47. The first kappa shape index (κ1) is 15.2. The molecule has 5 heteroatoms. The van der Waals surface area contributed by atoms with E-state index in [9.17, 15) is 4.39 Å². The second-order valence-electron chi connectivity index (χ2n) is 5.33. The number of ether oxygens (including phenoxy) is 2. The number of para-hydroxylation sites is 1. The zero-order valence-corrected chi connectivity index (χ0v) is 12.2. The molecule has 2 rings (SSSR count). The number of likely N-dealkylation sites (N-methyl/N-ethyl adjacent to an activating group) is 1. The van der Waals surface area contributed by atoms with Gasteiger partial charge in [-0.05, 0) is 26.2 Å². The van der Waals surface area contributed by atoms with Gasteiger partial charge in [-0.2, -0.15) is 0 Å². The zero-order chi connectivity index (χ0) is 14.4. The fourth-order valence-corrected chi connectivity index (χ4v) is 2.35. The lowest BCUT2D eigenvalue weighted by atomic mass is 10.2. The van der Waals surface area contributed by atoms with E-state index in [0.717, 1.165) is 32.8 Å². The Kier molecular flexibility index (Phi) is 5.76. The van der Waals surface area contributed by atoms with Crippen LogP contribution in [0.25, 0.3) is 0 Å². The molecule has 1 heterocycles. The van der Waals surface area contributed by atoms with Crippen molar-refractivity contribution in [1.29, 1.82) is 0 Å². The van der Waals surface area contributed by atoms with Crippen molar-refractivity contribution in [3.05, 3.63) is 30.1 Å². The number of morpholine rings is 1. The SMILES string of the molecule is CN(C)C[C@@H]1CN(CCOc2ccccc2F)CCO1. The van der Waals surface area contributed by atoms with Gasteiger partial charge < -0.3 is 14.4 Å². The van der Waals surface area contributed by atoms with Crippen LogP contribution in [0.4, 0.5) is 4.39 Å². The Morgan fingerprint density at radius 2 is 2.20 bits per heavy atom. The van der Waals surface area contributed by atoms with E-state index in [2.05, 4.69) is 9.80 Å². The Balaban J connectivity index is 1.72. The third-order valence-corrected chi connectivity index (χ3v) is 3.29. The summed E-state index contributed by atoms with van der Waals surface area (Å²) in [5, 5.41) is 0. The molecule has 0 radical (unpaired) electrons. The summed E-state index contributed by atoms with van der Waals surface area (Å²) in [7, 11) is 4.09. The Morgan fingerprint density at radius 1 is 1.40 bits per heavy atom. The van der Waals surface area contributed by atoms with Crippen LogP contribution >= 0.6 is 0 Å². The van der Waals surface area contributed by atoms with Crippen molar-refractivity contribution in [1.82, 2.24) is 9.80 Å². The van der Waals surface area contributed by atoms with Gasteiger partial charge in [0.1, 0.15) is 6.61 Å². The maximum atomic E-state index is 13.4. The van der Waals surface area contributed by atoms with Crippen molar-refractivity contribution >= 4 is 0 Å². The Hall–Kier alpha value is -1.17. The molecule has 0 amide bonds. The van der Waals surface area contributed by atoms with Crippen molar-refractivity contribution in [2.24, 2.45) is 0 Å². The third-order valence-electron chi connectivity index (χ3n) is 3.29. The number of halogens is 1. The average molecular weight is 282 g/mol. The van der Waals surface area contributed by atoms with Crippen LogP contribution in [-0.2, 0) is 4.74 Å². The molecule has 1 atom stereocenters. The van der Waals surface area contributed by atoms with Gasteiger partial charge in [0.05, 0.1) is 12.7 Å². The fourth-order valence-electron chi connectivity index (χ4n) is 2.35. The van der Waals surface area contributed by atoms with E-state index in [1.165, 1.54) is 6.07 Å². The van der Waals surface area contributed by atoms with E-state index < -0.39 is 0 Å². The molecule has 0 N–H and O–H groups in total. The lowest BCUT2D eigenvalue weighted by molar-refractivity contribution is -0.0406. The van der Waals surface area contributed by atoms with E-state index in [4.69, 9.17) is 9.47 Å². The molecule has 1 aliphatic rings. The maximum Gasteiger partial charge on any atom is 0.165 e. The molecule has 0 spiro atoms. The van der Waals surface area contributed by atoms with Crippen molar-refractivity contribution in [2.45, 2.75) is 6.10 Å². The van der Waals surface area contributed by atoms with E-state index in [1.54, 1.807) is 18.2 Å². The third kappa shape index (κ3) is 4.74. The predicted molar refractivity (Wildman–Crippen MR) is 76.6 cm³/mol. The van der Waals surface area contributed by atoms with Gasteiger partial charge in [-0.1, -0.05) is 12.1 Å². The van der Waals surface area contributed by atoms with Crippen LogP contribution in [0, 0.1) is 5.82 Å². The summed E-state index contributed by atoms with van der Waals surface area (Å²) in [5.74, 6) is 0.0190. The molecule has 1 aliphatic heterocycles. The lowest BCUT2D eigenvalue weighted by Gasteiger charge is -2.34. The minimum atomic E-state index is -0.306. The number of hydrogen-bond donors (Lipinski definition) is 0. The molecule has 4 nitrogen and oxygen atoms in total. The van der Waals surface area contributed by atoms with Crippen molar-refractivity contribution in [3.63, 3.8) is 0 Å². The Labute approximate surface area is 120 Å². The summed E-state index contributed by atoms with van der Waals surface area (Å²) in [6.07, 6.45) is 0.243. The van der Waals surface area contributed by atoms with Crippen LogP contribution in [-0.4, -0.2) is 69.4 Å². The van der Waals surface area contributed by atoms with Gasteiger partial charge >= 0.3 is 0 Å². The molecular formula is C15H23FN2O2. The lowest BCUT2D eigenvalue weighted by Crippen LogP contribution is -2.47. The van der Waals surface area contributed by atoms with Crippen LogP contribution in [0.2, 0.25) is 0 Å². The van der Waals surface area contributed by atoms with Crippen LogP contribution in [0.1, 0.15) is 0 Å². The molecule has 20 heavy (non-hydrogen) atoms. The number of nitrogens with zero attached hydrogens (tertiary/aromatic N) is 2. The summed E-state index contributed by atoms with van der Waals surface area (Å²) in [4.78, 5) is 4.43. The monoisotopic (exact) mass is 282 g/mol. The minimum Gasteiger partial charge on any atom is -0.489 e. The Bertz CT molecular complexity index is 415. The molecule has 0 unspecified atom stereocenters. The standard InChI is InChI=1S/C15H23FN2O2/c1-17(2)11-13-12-18(7-9-19-13)8-10-20-15-6-4-3-5-14(15)16/h3-6,13H,7-12H2,1-2H3/t13-/m1/s1. The largest absolute Gasteiger partial charge is 0.489 e. The number of benzene rings is 1. The van der Waals surface area contributed by atoms with Crippen molar-refractivity contribution in [3.8, 4) is 5.75 Å². The highest BCUT2D eigenvalue weighted by Crippen LogP contribution is 2.15. The second kappa shape index (κ2) is 7.57. The van der Waals surface area contributed by atoms with Gasteiger partial charge in [-0.3, -0.25) is 4.90 Å². The highest BCUT2D eigenvalue weighted by Gasteiger charge is 2.20.